The normalized spacial score (nSPS) is 35.8. The Morgan fingerprint density at radius 1 is 0.574 bits per heavy atom. The molecule has 0 aromatic carbocycles. The molecule has 0 bridgehead atoms. The van der Waals surface area contributed by atoms with Crippen LogP contribution >= 0.6 is 0 Å². The van der Waals surface area contributed by atoms with Gasteiger partial charge in [0.1, 0.15) is 73.2 Å². The van der Waals surface area contributed by atoms with Crippen molar-refractivity contribution in [3.05, 3.63) is 24.3 Å². The lowest BCUT2D eigenvalue weighted by Crippen LogP contribution is -2.66. The lowest BCUT2D eigenvalue weighted by molar-refractivity contribution is -0.379. The first-order chi connectivity index (χ1) is 29.3. The standard InChI is InChI=1S/C42H75NO18/c1-3-5-7-9-11-12-13-14-16-18-20-30(48)43-25(26(47)19-17-15-10-8-6-4-2)24-56-40-36(54)33(51)38(28(22-45)58-40)61-42-37(55)34(52)39(29(23-46)59-42)60-41-35(53)32(50)31(49)27(21-44)57-41/h7,9,17,19,25-29,31-42,44-47,49-55H,3-6,8,10-16,18,20-24H2,1-2H3,(H,43,48)/b9-7-,19-17+. The van der Waals surface area contributed by atoms with Crippen molar-refractivity contribution in [2.75, 3.05) is 26.4 Å². The molecule has 3 rings (SSSR count). The Morgan fingerprint density at radius 2 is 1.07 bits per heavy atom. The van der Waals surface area contributed by atoms with E-state index in [1.165, 1.54) is 0 Å². The highest BCUT2D eigenvalue weighted by molar-refractivity contribution is 5.76. The zero-order valence-corrected chi connectivity index (χ0v) is 35.6. The van der Waals surface area contributed by atoms with Crippen LogP contribution in [0.15, 0.2) is 24.3 Å². The fraction of sp³-hybridized carbons (Fsp3) is 0.881. The molecule has 356 valence electrons. The summed E-state index contributed by atoms with van der Waals surface area (Å²) in [6.45, 7) is 1.48. The van der Waals surface area contributed by atoms with Crippen molar-refractivity contribution >= 4 is 5.91 Å². The van der Waals surface area contributed by atoms with E-state index < -0.39 is 124 Å². The van der Waals surface area contributed by atoms with Gasteiger partial charge in [-0.3, -0.25) is 4.79 Å². The third-order valence-electron chi connectivity index (χ3n) is 11.2. The number of nitrogens with one attached hydrogen (secondary N) is 1. The van der Waals surface area contributed by atoms with Crippen LogP contribution in [0.2, 0.25) is 0 Å². The smallest absolute Gasteiger partial charge is 0.220 e. The lowest BCUT2D eigenvalue weighted by Gasteiger charge is -2.48. The summed E-state index contributed by atoms with van der Waals surface area (Å²) in [5.41, 5.74) is 0. The van der Waals surface area contributed by atoms with Crippen molar-refractivity contribution in [1.82, 2.24) is 5.32 Å². The first kappa shape index (κ1) is 53.6. The van der Waals surface area contributed by atoms with E-state index in [0.29, 0.717) is 6.42 Å². The van der Waals surface area contributed by atoms with Crippen LogP contribution in [0.5, 0.6) is 0 Å². The number of hydrogen-bond donors (Lipinski definition) is 12. The number of ether oxygens (including phenoxy) is 6. The number of amides is 1. The maximum Gasteiger partial charge on any atom is 0.220 e. The predicted molar refractivity (Wildman–Crippen MR) is 217 cm³/mol. The second kappa shape index (κ2) is 28.9. The maximum atomic E-state index is 13.0. The van der Waals surface area contributed by atoms with Gasteiger partial charge in [-0.2, -0.15) is 0 Å². The molecule has 0 saturated carbocycles. The van der Waals surface area contributed by atoms with Crippen molar-refractivity contribution in [3.8, 4) is 0 Å². The first-order valence-electron chi connectivity index (χ1n) is 22.1. The molecule has 17 atom stereocenters. The number of aliphatic hydroxyl groups excluding tert-OH is 11. The van der Waals surface area contributed by atoms with E-state index in [1.54, 1.807) is 6.08 Å². The van der Waals surface area contributed by atoms with E-state index in [-0.39, 0.29) is 18.9 Å². The van der Waals surface area contributed by atoms with Crippen LogP contribution in [0.4, 0.5) is 0 Å². The zero-order chi connectivity index (χ0) is 44.9. The largest absolute Gasteiger partial charge is 0.394 e. The quantitative estimate of drug-likeness (QED) is 0.0328. The van der Waals surface area contributed by atoms with Gasteiger partial charge in [-0.15, -0.1) is 0 Å². The van der Waals surface area contributed by atoms with Gasteiger partial charge < -0.3 is 89.9 Å². The molecule has 61 heavy (non-hydrogen) atoms. The highest BCUT2D eigenvalue weighted by Gasteiger charge is 2.53. The molecule has 17 unspecified atom stereocenters. The van der Waals surface area contributed by atoms with Gasteiger partial charge in [0, 0.05) is 6.42 Å². The van der Waals surface area contributed by atoms with Crippen molar-refractivity contribution in [1.29, 1.82) is 0 Å². The topological polar surface area (TPSA) is 307 Å². The zero-order valence-electron chi connectivity index (χ0n) is 35.6. The van der Waals surface area contributed by atoms with Crippen LogP contribution in [0.25, 0.3) is 0 Å². The van der Waals surface area contributed by atoms with Gasteiger partial charge in [-0.25, -0.2) is 0 Å². The number of carbonyl (C=O) groups is 1. The fourth-order valence-corrected chi connectivity index (χ4v) is 7.42. The van der Waals surface area contributed by atoms with Crippen molar-refractivity contribution in [2.45, 2.75) is 208 Å². The van der Waals surface area contributed by atoms with Crippen molar-refractivity contribution in [2.24, 2.45) is 0 Å². The number of aliphatic hydroxyl groups is 11. The average molecular weight is 882 g/mol. The van der Waals surface area contributed by atoms with Gasteiger partial charge in [0.05, 0.1) is 38.6 Å². The molecule has 0 aromatic rings. The highest BCUT2D eigenvalue weighted by Crippen LogP contribution is 2.33. The minimum atomic E-state index is -1.97. The summed E-state index contributed by atoms with van der Waals surface area (Å²) < 4.78 is 33.8. The molecular weight excluding hydrogens is 806 g/mol. The van der Waals surface area contributed by atoms with E-state index in [9.17, 15) is 61.0 Å². The monoisotopic (exact) mass is 881 g/mol. The van der Waals surface area contributed by atoms with Crippen LogP contribution in [0.1, 0.15) is 104 Å². The molecule has 19 nitrogen and oxygen atoms in total. The molecule has 12 N–H and O–H groups in total. The van der Waals surface area contributed by atoms with Crippen molar-refractivity contribution < 1.29 is 89.4 Å². The van der Waals surface area contributed by atoms with Gasteiger partial charge >= 0.3 is 0 Å². The van der Waals surface area contributed by atoms with Gasteiger partial charge in [0.25, 0.3) is 0 Å². The number of rotatable bonds is 28. The molecule has 3 aliphatic rings. The first-order valence-corrected chi connectivity index (χ1v) is 22.1. The second-order valence-electron chi connectivity index (χ2n) is 16.2. The average Bonchev–Trinajstić information content (AvgIpc) is 3.25. The molecule has 0 spiro atoms. The van der Waals surface area contributed by atoms with Gasteiger partial charge in [0.2, 0.25) is 5.91 Å². The molecule has 3 heterocycles. The Balaban J connectivity index is 1.60. The number of allylic oxidation sites excluding steroid dienone is 3. The Bertz CT molecular complexity index is 1240. The summed E-state index contributed by atoms with van der Waals surface area (Å²) in [7, 11) is 0. The third-order valence-corrected chi connectivity index (χ3v) is 11.2. The fourth-order valence-electron chi connectivity index (χ4n) is 7.42. The molecule has 19 heteroatoms. The summed E-state index contributed by atoms with van der Waals surface area (Å²) >= 11 is 0. The second-order valence-corrected chi connectivity index (χ2v) is 16.2. The molecule has 3 fully saturated rings. The van der Waals surface area contributed by atoms with Gasteiger partial charge in [-0.05, 0) is 38.5 Å². The van der Waals surface area contributed by atoms with Crippen LogP contribution in [-0.4, -0.2) is 193 Å². The highest BCUT2D eigenvalue weighted by atomic mass is 16.8. The molecule has 0 aliphatic carbocycles. The Labute approximate surface area is 358 Å². The Morgan fingerprint density at radius 3 is 1.66 bits per heavy atom. The minimum absolute atomic E-state index is 0.231. The van der Waals surface area contributed by atoms with E-state index in [4.69, 9.17) is 28.4 Å². The molecule has 3 aliphatic heterocycles. The number of carbonyl (C=O) groups excluding carboxylic acids is 1. The molecule has 3 saturated heterocycles. The van der Waals surface area contributed by atoms with E-state index in [2.05, 4.69) is 31.3 Å². The van der Waals surface area contributed by atoms with Crippen LogP contribution < -0.4 is 5.32 Å². The minimum Gasteiger partial charge on any atom is -0.394 e. The van der Waals surface area contributed by atoms with Crippen LogP contribution in [0, 0.1) is 0 Å². The summed E-state index contributed by atoms with van der Waals surface area (Å²) in [6.07, 6.45) is -5.91. The SMILES string of the molecule is CCC/C=C\CCCCCCCC(=O)NC(COC1OC(CO)C(OC2OC(CO)C(OC3OC(CO)C(O)C(O)C3O)C(O)C2O)C(O)C1O)C(O)/C=C/CCCCCC. The third kappa shape index (κ3) is 16.6. The summed E-state index contributed by atoms with van der Waals surface area (Å²) in [5.74, 6) is -0.298. The van der Waals surface area contributed by atoms with Crippen LogP contribution in [-0.2, 0) is 33.2 Å². The van der Waals surface area contributed by atoms with E-state index >= 15 is 0 Å². The number of hydrogen-bond acceptors (Lipinski definition) is 18. The van der Waals surface area contributed by atoms with E-state index in [0.717, 1.165) is 77.0 Å². The summed E-state index contributed by atoms with van der Waals surface area (Å²) in [5, 5.41) is 119. The predicted octanol–water partition coefficient (Wildman–Crippen LogP) is -1.09. The lowest BCUT2D eigenvalue weighted by atomic mass is 9.96. The molecule has 1 amide bonds. The molecular formula is C42H75NO18. The van der Waals surface area contributed by atoms with Gasteiger partial charge in [0.15, 0.2) is 18.9 Å². The van der Waals surface area contributed by atoms with Gasteiger partial charge in [-0.1, -0.05) is 83.1 Å². The van der Waals surface area contributed by atoms with E-state index in [1.807, 2.05) is 6.08 Å². The molecule has 0 aromatic heterocycles. The van der Waals surface area contributed by atoms with Crippen molar-refractivity contribution in [3.63, 3.8) is 0 Å². The number of unbranched alkanes of at least 4 members (excludes halogenated alkanes) is 10. The Kier molecular flexibility index (Phi) is 25.4. The summed E-state index contributed by atoms with van der Waals surface area (Å²) in [4.78, 5) is 13.0. The maximum absolute atomic E-state index is 13.0. The van der Waals surface area contributed by atoms with Crippen LogP contribution in [0.3, 0.4) is 0 Å². The summed E-state index contributed by atoms with van der Waals surface area (Å²) in [6, 6.07) is -0.968. The molecule has 0 radical (unpaired) electrons. The Hall–Kier alpha value is -1.73.